The van der Waals surface area contributed by atoms with Gasteiger partial charge in [-0.3, -0.25) is 4.40 Å². The van der Waals surface area contributed by atoms with Crippen LogP contribution in [0.1, 0.15) is 16.8 Å². The molecule has 0 atom stereocenters. The molecule has 176 valence electrons. The third kappa shape index (κ3) is 4.80. The van der Waals surface area contributed by atoms with Crippen molar-refractivity contribution in [3.63, 3.8) is 0 Å². The van der Waals surface area contributed by atoms with Gasteiger partial charge in [0.15, 0.2) is 0 Å². The van der Waals surface area contributed by atoms with E-state index in [4.69, 9.17) is 0 Å². The van der Waals surface area contributed by atoms with Crippen LogP contribution in [0.3, 0.4) is 0 Å². The van der Waals surface area contributed by atoms with Gasteiger partial charge < -0.3 is 10.6 Å². The molecule has 2 aromatic heterocycles. The molecule has 2 amide bonds. The van der Waals surface area contributed by atoms with Crippen molar-refractivity contribution in [2.45, 2.75) is 19.3 Å². The summed E-state index contributed by atoms with van der Waals surface area (Å²) in [6.45, 7) is 1.83. The average Bonchev–Trinajstić information content (AvgIpc) is 3.09. The minimum Gasteiger partial charge on any atom is -0.308 e. The van der Waals surface area contributed by atoms with Crippen LogP contribution in [0.5, 0.6) is 0 Å². The summed E-state index contributed by atoms with van der Waals surface area (Å²) in [6.07, 6.45) is -6.67. The van der Waals surface area contributed by atoms with Gasteiger partial charge in [-0.1, -0.05) is 12.1 Å². The number of benzene rings is 2. The number of nitrogens with one attached hydrogen (secondary N) is 2. The third-order valence-corrected chi connectivity index (χ3v) is 4.88. The molecule has 0 radical (unpaired) electrons. The number of hydrogen-bond acceptors (Lipinski definition) is 3. The Kier molecular flexibility index (Phi) is 5.67. The molecule has 0 saturated carbocycles. The normalized spacial score (nSPS) is 12.1. The standard InChI is InChI=1S/C22H15F6N5O/c1-12-18(32-19-29-6-3-7-33(12)19)13-4-2-5-16(8-13)30-20(34)31-17-10-14(21(23,24)25)9-15(11-17)22(26,27)28/h2-11H,1H3,(H2,30,31,34). The largest absolute Gasteiger partial charge is 0.416 e. The van der Waals surface area contributed by atoms with E-state index in [1.807, 2.05) is 12.2 Å². The second-order valence-corrected chi connectivity index (χ2v) is 7.29. The van der Waals surface area contributed by atoms with Crippen molar-refractivity contribution in [2.24, 2.45) is 0 Å². The molecule has 0 aliphatic heterocycles. The maximum atomic E-state index is 13.0. The number of fused-ring (bicyclic) bond motifs is 1. The van der Waals surface area contributed by atoms with Gasteiger partial charge in [0.05, 0.1) is 16.8 Å². The molecule has 2 N–H and O–H groups in total. The first-order valence-corrected chi connectivity index (χ1v) is 9.69. The van der Waals surface area contributed by atoms with E-state index in [9.17, 15) is 31.1 Å². The number of hydrogen-bond donors (Lipinski definition) is 2. The van der Waals surface area contributed by atoms with Crippen LogP contribution in [0.15, 0.2) is 60.9 Å². The second-order valence-electron chi connectivity index (χ2n) is 7.29. The molecule has 2 aromatic carbocycles. The topological polar surface area (TPSA) is 71.3 Å². The smallest absolute Gasteiger partial charge is 0.308 e. The van der Waals surface area contributed by atoms with Gasteiger partial charge in [0.2, 0.25) is 5.78 Å². The highest BCUT2D eigenvalue weighted by Crippen LogP contribution is 2.37. The number of rotatable bonds is 3. The van der Waals surface area contributed by atoms with Gasteiger partial charge in [-0.15, -0.1) is 0 Å². The summed E-state index contributed by atoms with van der Waals surface area (Å²) in [5, 5.41) is 4.44. The Labute approximate surface area is 188 Å². The number of carbonyl (C=O) groups is 1. The van der Waals surface area contributed by atoms with Crippen molar-refractivity contribution in [3.05, 3.63) is 77.7 Å². The number of anilines is 2. The average molecular weight is 479 g/mol. The van der Waals surface area contributed by atoms with E-state index in [0.717, 1.165) is 5.69 Å². The Morgan fingerprint density at radius 3 is 2.15 bits per heavy atom. The van der Waals surface area contributed by atoms with Crippen molar-refractivity contribution >= 4 is 23.2 Å². The molecule has 0 saturated heterocycles. The lowest BCUT2D eigenvalue weighted by atomic mass is 10.1. The Morgan fingerprint density at radius 1 is 0.882 bits per heavy atom. The number of aryl methyl sites for hydroxylation is 1. The zero-order chi connectivity index (χ0) is 24.7. The summed E-state index contributed by atoms with van der Waals surface area (Å²) >= 11 is 0. The first-order valence-electron chi connectivity index (χ1n) is 9.69. The number of amides is 2. The van der Waals surface area contributed by atoms with E-state index in [2.05, 4.69) is 15.3 Å². The number of halogens is 6. The van der Waals surface area contributed by atoms with Crippen LogP contribution in [0, 0.1) is 6.92 Å². The summed E-state index contributed by atoms with van der Waals surface area (Å²) in [7, 11) is 0. The lowest BCUT2D eigenvalue weighted by molar-refractivity contribution is -0.143. The molecule has 0 aliphatic rings. The van der Waals surface area contributed by atoms with Crippen LogP contribution in [0.25, 0.3) is 17.0 Å². The predicted octanol–water partition coefficient (Wildman–Crippen LogP) is 6.39. The van der Waals surface area contributed by atoms with Gasteiger partial charge >= 0.3 is 18.4 Å². The Balaban J connectivity index is 1.58. The number of nitrogens with zero attached hydrogens (tertiary/aromatic N) is 3. The molecule has 34 heavy (non-hydrogen) atoms. The fraction of sp³-hybridized carbons (Fsp3) is 0.136. The van der Waals surface area contributed by atoms with E-state index in [1.54, 1.807) is 41.1 Å². The molecule has 0 unspecified atom stereocenters. The number of aromatic nitrogens is 3. The number of carbonyl (C=O) groups excluding carboxylic acids is 1. The van der Waals surface area contributed by atoms with Gasteiger partial charge in [-0.05, 0) is 43.3 Å². The van der Waals surface area contributed by atoms with Crippen LogP contribution < -0.4 is 10.6 Å². The molecular weight excluding hydrogens is 464 g/mol. The zero-order valence-corrected chi connectivity index (χ0v) is 17.3. The van der Waals surface area contributed by atoms with E-state index in [-0.39, 0.29) is 11.8 Å². The van der Waals surface area contributed by atoms with Crippen molar-refractivity contribution in [1.29, 1.82) is 0 Å². The van der Waals surface area contributed by atoms with Crippen molar-refractivity contribution in [1.82, 2.24) is 14.4 Å². The monoisotopic (exact) mass is 479 g/mol. The van der Waals surface area contributed by atoms with Crippen molar-refractivity contribution in [2.75, 3.05) is 10.6 Å². The van der Waals surface area contributed by atoms with Crippen LogP contribution in [-0.2, 0) is 12.4 Å². The first-order chi connectivity index (χ1) is 15.9. The predicted molar refractivity (Wildman–Crippen MR) is 112 cm³/mol. The molecule has 6 nitrogen and oxygen atoms in total. The summed E-state index contributed by atoms with van der Waals surface area (Å²) in [4.78, 5) is 21.0. The molecule has 12 heteroatoms. The highest BCUT2D eigenvalue weighted by atomic mass is 19.4. The number of alkyl halides is 6. The minimum absolute atomic E-state index is 0.0153. The summed E-state index contributed by atoms with van der Waals surface area (Å²) in [6, 6.07) is 8.01. The maximum Gasteiger partial charge on any atom is 0.416 e. The van der Waals surface area contributed by atoms with Crippen molar-refractivity contribution < 1.29 is 31.1 Å². The van der Waals surface area contributed by atoms with Gasteiger partial charge in [0.1, 0.15) is 0 Å². The zero-order valence-electron chi connectivity index (χ0n) is 17.3. The number of urea groups is 1. The molecule has 0 bridgehead atoms. The fourth-order valence-corrected chi connectivity index (χ4v) is 3.34. The molecule has 0 aliphatic carbocycles. The lowest BCUT2D eigenvalue weighted by Crippen LogP contribution is -2.20. The van der Waals surface area contributed by atoms with E-state index in [0.29, 0.717) is 29.2 Å². The van der Waals surface area contributed by atoms with Gasteiger partial charge in [0, 0.05) is 35.0 Å². The van der Waals surface area contributed by atoms with E-state index < -0.39 is 35.2 Å². The minimum atomic E-state index is -5.02. The Morgan fingerprint density at radius 2 is 1.53 bits per heavy atom. The maximum absolute atomic E-state index is 13.0. The van der Waals surface area contributed by atoms with E-state index in [1.165, 1.54) is 6.07 Å². The Bertz CT molecular complexity index is 1340. The molecule has 0 fully saturated rings. The van der Waals surface area contributed by atoms with Gasteiger partial charge in [-0.25, -0.2) is 14.8 Å². The summed E-state index contributed by atoms with van der Waals surface area (Å²) in [5.41, 5.74) is -1.46. The van der Waals surface area contributed by atoms with Crippen molar-refractivity contribution in [3.8, 4) is 11.3 Å². The third-order valence-electron chi connectivity index (χ3n) is 4.88. The summed E-state index contributed by atoms with van der Waals surface area (Å²) < 4.78 is 79.9. The quantitative estimate of drug-likeness (QED) is 0.335. The Hall–Kier alpha value is -4.09. The molecule has 4 rings (SSSR count). The van der Waals surface area contributed by atoms with E-state index >= 15 is 0 Å². The SMILES string of the molecule is Cc1c(-c2cccc(NC(=O)Nc3cc(C(F)(F)F)cc(C(F)(F)F)c3)c2)nc2ncccn12. The fourth-order valence-electron chi connectivity index (χ4n) is 3.34. The molecular formula is C22H15F6N5O. The lowest BCUT2D eigenvalue weighted by Gasteiger charge is -2.15. The molecule has 2 heterocycles. The van der Waals surface area contributed by atoms with Crippen LogP contribution in [0.2, 0.25) is 0 Å². The first kappa shape index (κ1) is 23.1. The van der Waals surface area contributed by atoms with Crippen LogP contribution >= 0.6 is 0 Å². The van der Waals surface area contributed by atoms with Crippen LogP contribution in [-0.4, -0.2) is 20.4 Å². The second kappa shape index (κ2) is 8.36. The highest BCUT2D eigenvalue weighted by molar-refractivity contribution is 6.00. The van der Waals surface area contributed by atoms with Gasteiger partial charge in [-0.2, -0.15) is 26.3 Å². The summed E-state index contributed by atoms with van der Waals surface area (Å²) in [5.74, 6) is 0.469. The highest BCUT2D eigenvalue weighted by Gasteiger charge is 2.37. The van der Waals surface area contributed by atoms with Gasteiger partial charge in [0.25, 0.3) is 0 Å². The molecule has 0 spiro atoms. The van der Waals surface area contributed by atoms with Crippen LogP contribution in [0.4, 0.5) is 42.5 Å². The molecule has 4 aromatic rings. The number of imidazole rings is 1.